The maximum absolute atomic E-state index is 13.2. The molecule has 1 fully saturated rings. The summed E-state index contributed by atoms with van der Waals surface area (Å²) in [7, 11) is 0. The van der Waals surface area contributed by atoms with Crippen molar-refractivity contribution < 1.29 is 14.0 Å². The molecule has 0 atom stereocenters. The zero-order chi connectivity index (χ0) is 19.8. The van der Waals surface area contributed by atoms with Crippen LogP contribution < -0.4 is 10.6 Å². The number of aryl methyl sites for hydroxylation is 1. The fourth-order valence-electron chi connectivity index (χ4n) is 4.15. The lowest BCUT2D eigenvalue weighted by Crippen LogP contribution is -2.33. The van der Waals surface area contributed by atoms with Gasteiger partial charge in [0.15, 0.2) is 5.76 Å². The summed E-state index contributed by atoms with van der Waals surface area (Å²) in [5, 5.41) is 6.67. The van der Waals surface area contributed by atoms with E-state index in [1.54, 1.807) is 12.1 Å². The molecule has 2 heterocycles. The Morgan fingerprint density at radius 3 is 2.59 bits per heavy atom. The average Bonchev–Trinajstić information content (AvgIpc) is 3.08. The highest BCUT2D eigenvalue weighted by Crippen LogP contribution is 2.47. The van der Waals surface area contributed by atoms with E-state index in [0.717, 1.165) is 37.7 Å². The fourth-order valence-corrected chi connectivity index (χ4v) is 5.43. The van der Waals surface area contributed by atoms with Gasteiger partial charge in [0.2, 0.25) is 0 Å². The van der Waals surface area contributed by atoms with Gasteiger partial charge in [0.25, 0.3) is 11.8 Å². The molecule has 0 bridgehead atoms. The van der Waals surface area contributed by atoms with Gasteiger partial charge in [-0.05, 0) is 55.4 Å². The SMILES string of the molecule is O=C(Nc1sc2c(c1C(=O)NCC1(c3ccccc3)CC1)CCC2)c1ccco1. The highest BCUT2D eigenvalue weighted by molar-refractivity contribution is 7.17. The molecule has 0 spiro atoms. The smallest absolute Gasteiger partial charge is 0.291 e. The number of amides is 2. The predicted octanol–water partition coefficient (Wildman–Crippen LogP) is 4.54. The first-order valence-corrected chi connectivity index (χ1v) is 10.8. The van der Waals surface area contributed by atoms with Crippen LogP contribution in [-0.4, -0.2) is 18.4 Å². The molecule has 0 unspecified atom stereocenters. The number of fused-ring (bicyclic) bond motifs is 1. The molecule has 3 aromatic rings. The van der Waals surface area contributed by atoms with Gasteiger partial charge in [0.05, 0.1) is 11.8 Å². The zero-order valence-corrected chi connectivity index (χ0v) is 16.8. The fraction of sp³-hybridized carbons (Fsp3) is 0.304. The summed E-state index contributed by atoms with van der Waals surface area (Å²) in [6, 6.07) is 13.7. The first kappa shape index (κ1) is 18.2. The van der Waals surface area contributed by atoms with Crippen LogP contribution in [0.3, 0.4) is 0 Å². The van der Waals surface area contributed by atoms with Crippen molar-refractivity contribution in [2.75, 3.05) is 11.9 Å². The van der Waals surface area contributed by atoms with Gasteiger partial charge in [-0.15, -0.1) is 11.3 Å². The number of carbonyl (C=O) groups is 2. The van der Waals surface area contributed by atoms with Gasteiger partial charge in [-0.3, -0.25) is 9.59 Å². The van der Waals surface area contributed by atoms with Crippen LogP contribution in [0.15, 0.2) is 53.1 Å². The van der Waals surface area contributed by atoms with Gasteiger partial charge in [-0.2, -0.15) is 0 Å². The van der Waals surface area contributed by atoms with Crippen LogP contribution in [-0.2, 0) is 18.3 Å². The van der Waals surface area contributed by atoms with Gasteiger partial charge < -0.3 is 15.1 Å². The molecule has 0 radical (unpaired) electrons. The lowest BCUT2D eigenvalue weighted by Gasteiger charge is -2.17. The highest BCUT2D eigenvalue weighted by Gasteiger charge is 2.44. The summed E-state index contributed by atoms with van der Waals surface area (Å²) >= 11 is 1.51. The quantitative estimate of drug-likeness (QED) is 0.631. The third-order valence-electron chi connectivity index (χ3n) is 5.95. The van der Waals surface area contributed by atoms with Crippen molar-refractivity contribution in [3.63, 3.8) is 0 Å². The first-order chi connectivity index (χ1) is 14.2. The average molecular weight is 407 g/mol. The van der Waals surface area contributed by atoms with Crippen LogP contribution in [0.25, 0.3) is 0 Å². The second-order valence-corrected chi connectivity index (χ2v) is 8.93. The Labute approximate surface area is 173 Å². The van der Waals surface area contributed by atoms with Crippen LogP contribution in [0.1, 0.15) is 56.2 Å². The molecule has 1 saturated carbocycles. The second kappa shape index (κ2) is 7.19. The van der Waals surface area contributed by atoms with Crippen molar-refractivity contribution in [1.29, 1.82) is 0 Å². The topological polar surface area (TPSA) is 71.3 Å². The van der Waals surface area contributed by atoms with E-state index in [0.29, 0.717) is 17.1 Å². The molecule has 0 saturated heterocycles. The molecule has 148 valence electrons. The minimum atomic E-state index is -0.327. The number of carbonyl (C=O) groups excluding carboxylic acids is 2. The molecule has 29 heavy (non-hydrogen) atoms. The number of thiophene rings is 1. The van der Waals surface area contributed by atoms with Gasteiger partial charge in [0, 0.05) is 16.8 Å². The lowest BCUT2D eigenvalue weighted by atomic mass is 9.96. The monoisotopic (exact) mass is 406 g/mol. The molecule has 6 heteroatoms. The van der Waals surface area contributed by atoms with Crippen molar-refractivity contribution >= 4 is 28.2 Å². The first-order valence-electron chi connectivity index (χ1n) is 9.99. The van der Waals surface area contributed by atoms with Crippen molar-refractivity contribution in [1.82, 2.24) is 5.32 Å². The van der Waals surface area contributed by atoms with Crippen molar-refractivity contribution in [2.45, 2.75) is 37.5 Å². The Kier molecular flexibility index (Phi) is 4.51. The van der Waals surface area contributed by atoms with Crippen LogP contribution in [0, 0.1) is 0 Å². The molecular weight excluding hydrogens is 384 g/mol. The molecule has 0 aliphatic heterocycles. The van der Waals surface area contributed by atoms with E-state index < -0.39 is 0 Å². The largest absolute Gasteiger partial charge is 0.459 e. The van der Waals surface area contributed by atoms with E-state index in [1.807, 2.05) is 18.2 Å². The molecule has 2 amide bonds. The highest BCUT2D eigenvalue weighted by atomic mass is 32.1. The summed E-state index contributed by atoms with van der Waals surface area (Å²) < 4.78 is 5.19. The van der Waals surface area contributed by atoms with Crippen LogP contribution in [0.4, 0.5) is 5.00 Å². The number of benzene rings is 1. The zero-order valence-electron chi connectivity index (χ0n) is 16.0. The van der Waals surface area contributed by atoms with Crippen molar-refractivity contribution in [3.05, 3.63) is 76.1 Å². The predicted molar refractivity (Wildman–Crippen MR) is 113 cm³/mol. The van der Waals surface area contributed by atoms with Crippen molar-refractivity contribution in [2.24, 2.45) is 0 Å². The maximum Gasteiger partial charge on any atom is 0.291 e. The molecular formula is C23H22N2O3S. The van der Waals surface area contributed by atoms with Crippen LogP contribution in [0.5, 0.6) is 0 Å². The normalized spacial score (nSPS) is 16.3. The van der Waals surface area contributed by atoms with Crippen molar-refractivity contribution in [3.8, 4) is 0 Å². The third kappa shape index (κ3) is 3.38. The Morgan fingerprint density at radius 2 is 1.86 bits per heavy atom. The lowest BCUT2D eigenvalue weighted by molar-refractivity contribution is 0.0950. The summed E-state index contributed by atoms with van der Waals surface area (Å²) in [6.45, 7) is 0.617. The number of furan rings is 1. The van der Waals surface area contributed by atoms with Gasteiger partial charge in [-0.25, -0.2) is 0 Å². The summed E-state index contributed by atoms with van der Waals surface area (Å²) in [6.07, 6.45) is 6.54. The van der Waals surface area contributed by atoms with Gasteiger partial charge in [-0.1, -0.05) is 30.3 Å². The molecule has 2 N–H and O–H groups in total. The molecule has 5 rings (SSSR count). The summed E-state index contributed by atoms with van der Waals surface area (Å²) in [4.78, 5) is 26.8. The van der Waals surface area contributed by atoms with E-state index in [-0.39, 0.29) is 23.0 Å². The van der Waals surface area contributed by atoms with Gasteiger partial charge >= 0.3 is 0 Å². The molecule has 2 aliphatic carbocycles. The second-order valence-electron chi connectivity index (χ2n) is 7.82. The van der Waals surface area contributed by atoms with E-state index in [4.69, 9.17) is 4.42 Å². The molecule has 1 aromatic carbocycles. The number of anilines is 1. The van der Waals surface area contributed by atoms with E-state index in [2.05, 4.69) is 22.8 Å². The van der Waals surface area contributed by atoms with E-state index >= 15 is 0 Å². The minimum absolute atomic E-state index is 0.0493. The minimum Gasteiger partial charge on any atom is -0.459 e. The van der Waals surface area contributed by atoms with E-state index in [1.165, 1.54) is 28.0 Å². The van der Waals surface area contributed by atoms with Crippen LogP contribution in [0.2, 0.25) is 0 Å². The Balaban J connectivity index is 1.36. The molecule has 5 nitrogen and oxygen atoms in total. The molecule has 2 aliphatic rings. The number of rotatable bonds is 6. The van der Waals surface area contributed by atoms with Crippen LogP contribution >= 0.6 is 11.3 Å². The number of nitrogens with one attached hydrogen (secondary N) is 2. The number of hydrogen-bond donors (Lipinski definition) is 2. The third-order valence-corrected chi connectivity index (χ3v) is 7.15. The Bertz CT molecular complexity index is 1050. The number of hydrogen-bond acceptors (Lipinski definition) is 4. The summed E-state index contributed by atoms with van der Waals surface area (Å²) in [5.74, 6) is -0.181. The summed E-state index contributed by atoms with van der Waals surface area (Å²) in [5.41, 5.74) is 3.05. The Hall–Kier alpha value is -2.86. The maximum atomic E-state index is 13.2. The van der Waals surface area contributed by atoms with E-state index in [9.17, 15) is 9.59 Å². The van der Waals surface area contributed by atoms with Gasteiger partial charge in [0.1, 0.15) is 5.00 Å². The standard InChI is InChI=1S/C23H22N2O3S/c26-20(17-9-5-13-28-17)25-22-19(16-8-4-10-18(16)29-22)21(27)24-14-23(11-12-23)15-6-2-1-3-7-15/h1-3,5-7,9,13H,4,8,10-12,14H2,(H,24,27)(H,25,26). The Morgan fingerprint density at radius 1 is 1.03 bits per heavy atom. The molecule has 2 aromatic heterocycles.